The normalized spacial score (nSPS) is 24.3. The van der Waals surface area contributed by atoms with Gasteiger partial charge in [0.05, 0.1) is 34.5 Å². The summed E-state index contributed by atoms with van der Waals surface area (Å²) in [5.41, 5.74) is 3.14. The van der Waals surface area contributed by atoms with Crippen LogP contribution in [-0.4, -0.2) is 23.6 Å². The molecule has 0 spiro atoms. The molecule has 214 valence electrons. The van der Waals surface area contributed by atoms with Crippen molar-refractivity contribution in [2.45, 2.75) is 32.1 Å². The molecule has 3 aliphatic rings. The van der Waals surface area contributed by atoms with Crippen molar-refractivity contribution >= 4 is 58.2 Å². The summed E-state index contributed by atoms with van der Waals surface area (Å²) >= 11 is 12.3. The number of imide groups is 2. The molecular weight excluding hydrogens is 583 g/mol. The highest BCUT2D eigenvalue weighted by atomic mass is 35.5. The molecule has 43 heavy (non-hydrogen) atoms. The Kier molecular flexibility index (Phi) is 6.35. The largest absolute Gasteiger partial charge is 0.274 e. The van der Waals surface area contributed by atoms with E-state index in [9.17, 15) is 19.2 Å². The van der Waals surface area contributed by atoms with Gasteiger partial charge in [-0.15, -0.1) is 0 Å². The van der Waals surface area contributed by atoms with E-state index in [4.69, 9.17) is 23.2 Å². The van der Waals surface area contributed by atoms with E-state index < -0.39 is 46.8 Å². The van der Waals surface area contributed by atoms with Gasteiger partial charge in [0.25, 0.3) is 0 Å². The number of anilines is 2. The van der Waals surface area contributed by atoms with Crippen molar-refractivity contribution in [3.05, 3.63) is 129 Å². The minimum absolute atomic E-state index is 0.106. The zero-order valence-electron chi connectivity index (χ0n) is 23.4. The molecule has 1 aliphatic carbocycles. The van der Waals surface area contributed by atoms with Crippen molar-refractivity contribution in [1.82, 2.24) is 0 Å². The van der Waals surface area contributed by atoms with Crippen LogP contribution in [0.3, 0.4) is 0 Å². The lowest BCUT2D eigenvalue weighted by Gasteiger charge is -2.43. The monoisotopic (exact) mass is 608 g/mol. The van der Waals surface area contributed by atoms with E-state index in [0.717, 1.165) is 21.6 Å². The number of rotatable bonds is 4. The first-order valence-electron chi connectivity index (χ1n) is 14.0. The summed E-state index contributed by atoms with van der Waals surface area (Å²) in [4.78, 5) is 60.9. The van der Waals surface area contributed by atoms with Gasteiger partial charge >= 0.3 is 0 Å². The molecule has 7 rings (SSSR count). The molecule has 4 atom stereocenters. The fraction of sp³-hybridized carbons (Fsp3) is 0.200. The molecule has 2 fully saturated rings. The number of benzene rings is 4. The molecule has 2 aliphatic heterocycles. The van der Waals surface area contributed by atoms with Crippen LogP contribution in [0.25, 0.3) is 0 Å². The maximum atomic E-state index is 15.0. The third-order valence-corrected chi connectivity index (χ3v) is 9.62. The predicted molar refractivity (Wildman–Crippen MR) is 165 cm³/mol. The second-order valence-electron chi connectivity index (χ2n) is 11.7. The van der Waals surface area contributed by atoms with Crippen molar-refractivity contribution in [3.8, 4) is 0 Å². The highest BCUT2D eigenvalue weighted by Crippen LogP contribution is 2.63. The zero-order chi connectivity index (χ0) is 30.2. The van der Waals surface area contributed by atoms with Crippen LogP contribution in [0.4, 0.5) is 11.4 Å². The van der Waals surface area contributed by atoms with Gasteiger partial charge in [0, 0.05) is 10.0 Å². The molecular formula is C35H26Cl2N2O4. The SMILES string of the molecule is Cc1ccc(C[C@]23C(=O)N(c4ccc(Cl)cc4)C(=O)[C@@H]2c2cc(C)ccc2[C@@H]2C(=O)N(c4ccc(Cl)cc4)C(=O)[C@H]23)cc1. The number of halogens is 2. The summed E-state index contributed by atoms with van der Waals surface area (Å²) < 4.78 is 0. The number of nitrogens with zero attached hydrogens (tertiary/aromatic N) is 2. The Balaban J connectivity index is 1.50. The van der Waals surface area contributed by atoms with Gasteiger partial charge in [-0.25, -0.2) is 9.80 Å². The second-order valence-corrected chi connectivity index (χ2v) is 12.5. The highest BCUT2D eigenvalue weighted by Gasteiger charge is 2.73. The standard InChI is InChI=1S/C35H26Cl2N2O4/c1-19-3-6-21(7-4-19)18-35-29(32(41)39(34(35)43)25-14-10-23(37)11-15-25)27-17-20(2)5-16-26(27)28-30(35)33(42)38(31(28)40)24-12-8-22(36)9-13-24/h3-17,28-30H,18H2,1-2H3/t28-,29-,30-,35-/m0/s1. The van der Waals surface area contributed by atoms with Gasteiger partial charge < -0.3 is 0 Å². The first-order chi connectivity index (χ1) is 20.6. The maximum Gasteiger partial charge on any atom is 0.242 e. The van der Waals surface area contributed by atoms with Crippen molar-refractivity contribution in [2.75, 3.05) is 9.80 Å². The maximum absolute atomic E-state index is 15.0. The average molecular weight is 610 g/mol. The molecule has 4 aromatic rings. The van der Waals surface area contributed by atoms with Crippen molar-refractivity contribution < 1.29 is 19.2 Å². The van der Waals surface area contributed by atoms with Crippen LogP contribution in [-0.2, 0) is 25.6 Å². The van der Waals surface area contributed by atoms with Gasteiger partial charge in [-0.1, -0.05) is 76.8 Å². The minimum atomic E-state index is -1.55. The van der Waals surface area contributed by atoms with E-state index in [2.05, 4.69) is 0 Å². The lowest BCUT2D eigenvalue weighted by atomic mass is 9.54. The molecule has 0 bridgehead atoms. The van der Waals surface area contributed by atoms with Crippen LogP contribution < -0.4 is 9.80 Å². The van der Waals surface area contributed by atoms with E-state index in [1.807, 2.05) is 56.3 Å². The first-order valence-corrected chi connectivity index (χ1v) is 14.8. The molecule has 0 aromatic heterocycles. The second kappa shape index (κ2) is 9.90. The number of amides is 4. The van der Waals surface area contributed by atoms with E-state index in [1.54, 1.807) is 48.5 Å². The Bertz CT molecular complexity index is 1840. The van der Waals surface area contributed by atoms with Gasteiger partial charge in [0.2, 0.25) is 23.6 Å². The molecule has 8 heteroatoms. The van der Waals surface area contributed by atoms with Crippen LogP contribution in [0.1, 0.15) is 39.7 Å². The zero-order valence-corrected chi connectivity index (χ0v) is 24.9. The molecule has 4 aromatic carbocycles. The molecule has 0 N–H and O–H groups in total. The number of hydrogen-bond donors (Lipinski definition) is 0. The van der Waals surface area contributed by atoms with E-state index >= 15 is 0 Å². The molecule has 6 nitrogen and oxygen atoms in total. The van der Waals surface area contributed by atoms with Crippen LogP contribution in [0.15, 0.2) is 91.0 Å². The van der Waals surface area contributed by atoms with Crippen molar-refractivity contribution in [1.29, 1.82) is 0 Å². The molecule has 2 saturated heterocycles. The molecule has 0 radical (unpaired) electrons. The number of carbonyl (C=O) groups is 4. The average Bonchev–Trinajstić information content (AvgIpc) is 3.38. The van der Waals surface area contributed by atoms with Crippen molar-refractivity contribution in [2.24, 2.45) is 11.3 Å². The lowest BCUT2D eigenvalue weighted by Crippen LogP contribution is -2.51. The van der Waals surface area contributed by atoms with Crippen LogP contribution >= 0.6 is 23.2 Å². The summed E-state index contributed by atoms with van der Waals surface area (Å²) in [6.45, 7) is 3.88. The van der Waals surface area contributed by atoms with E-state index in [1.165, 1.54) is 4.90 Å². The Morgan fingerprint density at radius 1 is 0.628 bits per heavy atom. The van der Waals surface area contributed by atoms with E-state index in [-0.39, 0.29) is 6.42 Å². The summed E-state index contributed by atoms with van der Waals surface area (Å²) in [5.74, 6) is -4.86. The number of fused-ring (bicyclic) bond motifs is 6. The third kappa shape index (κ3) is 4.00. The van der Waals surface area contributed by atoms with Gasteiger partial charge in [0.1, 0.15) is 0 Å². The van der Waals surface area contributed by atoms with Gasteiger partial charge in [-0.2, -0.15) is 0 Å². The number of carbonyl (C=O) groups excluding carboxylic acids is 4. The molecule has 0 unspecified atom stereocenters. The summed E-state index contributed by atoms with van der Waals surface area (Å²) in [7, 11) is 0. The topological polar surface area (TPSA) is 74.8 Å². The van der Waals surface area contributed by atoms with Crippen LogP contribution in [0.5, 0.6) is 0 Å². The van der Waals surface area contributed by atoms with Gasteiger partial charge in [-0.3, -0.25) is 19.2 Å². The molecule has 2 heterocycles. The fourth-order valence-electron chi connectivity index (χ4n) is 7.24. The summed E-state index contributed by atoms with van der Waals surface area (Å²) in [6, 6.07) is 26.3. The Labute approximate surface area is 258 Å². The smallest absolute Gasteiger partial charge is 0.242 e. The Morgan fingerprint density at radius 2 is 1.19 bits per heavy atom. The number of hydrogen-bond acceptors (Lipinski definition) is 4. The van der Waals surface area contributed by atoms with Crippen molar-refractivity contribution in [3.63, 3.8) is 0 Å². The molecule has 4 amide bonds. The number of aryl methyl sites for hydroxylation is 2. The summed E-state index contributed by atoms with van der Waals surface area (Å²) in [6.07, 6.45) is 0.106. The van der Waals surface area contributed by atoms with Crippen LogP contribution in [0, 0.1) is 25.2 Å². The summed E-state index contributed by atoms with van der Waals surface area (Å²) in [5, 5.41) is 0.929. The Hall–Kier alpha value is -4.26. The Morgan fingerprint density at radius 3 is 1.79 bits per heavy atom. The highest BCUT2D eigenvalue weighted by molar-refractivity contribution is 6.33. The lowest BCUT2D eigenvalue weighted by molar-refractivity contribution is -0.138. The van der Waals surface area contributed by atoms with E-state index in [0.29, 0.717) is 32.5 Å². The quantitative estimate of drug-likeness (QED) is 0.239. The predicted octanol–water partition coefficient (Wildman–Crippen LogP) is 6.78. The minimum Gasteiger partial charge on any atom is -0.274 e. The fourth-order valence-corrected chi connectivity index (χ4v) is 7.50. The van der Waals surface area contributed by atoms with Gasteiger partial charge in [0.15, 0.2) is 0 Å². The van der Waals surface area contributed by atoms with Gasteiger partial charge in [-0.05, 0) is 85.5 Å². The molecule has 0 saturated carbocycles. The van der Waals surface area contributed by atoms with Crippen LogP contribution in [0.2, 0.25) is 10.0 Å². The third-order valence-electron chi connectivity index (χ3n) is 9.12. The first kappa shape index (κ1) is 27.6.